The Morgan fingerprint density at radius 3 is 0.978 bits per heavy atom. The molecule has 0 bridgehead atoms. The molecule has 0 saturated carbocycles. The third-order valence-electron chi connectivity index (χ3n) is 7.31. The van der Waals surface area contributed by atoms with Crippen molar-refractivity contribution in [3.05, 3.63) is 89.9 Å². The van der Waals surface area contributed by atoms with Gasteiger partial charge in [0.05, 0.1) is 16.6 Å². The Morgan fingerprint density at radius 2 is 0.689 bits per heavy atom. The van der Waals surface area contributed by atoms with E-state index in [0.717, 1.165) is 66.9 Å². The standard InChI is InChI=1S/C33H30N12/c1-16-10-25(34)22-13-19(4-7-28(22)37-16)40-31-43-32(41-20-5-8-29-23(14-20)26(35)11-17(2)38-29)45-33(44-31)42-21-6-9-30-24(15-21)27(36)12-18(3)39-30/h4-15H,1-3H3,(H2,34,37)(H2,35,38)(H2,36,39)(H3,40,41,42,43,44,45). The van der Waals surface area contributed by atoms with Crippen LogP contribution in [-0.2, 0) is 0 Å². The normalized spacial score (nSPS) is 11.3. The Bertz CT molecular complexity index is 2020. The van der Waals surface area contributed by atoms with Crippen LogP contribution >= 0.6 is 0 Å². The summed E-state index contributed by atoms with van der Waals surface area (Å²) in [5.74, 6) is 0.926. The summed E-state index contributed by atoms with van der Waals surface area (Å²) < 4.78 is 0. The SMILES string of the molecule is Cc1cc(N)c2cc(Nc3nc(Nc4ccc5nc(C)cc(N)c5c4)nc(Nc4ccc5nc(C)cc(N)c5c4)n3)ccc2n1. The van der Waals surface area contributed by atoms with E-state index in [4.69, 9.17) is 17.2 Å². The molecule has 12 nitrogen and oxygen atoms in total. The van der Waals surface area contributed by atoms with Crippen LogP contribution in [0, 0.1) is 20.8 Å². The van der Waals surface area contributed by atoms with Crippen LogP contribution in [0.3, 0.4) is 0 Å². The Kier molecular flexibility index (Phi) is 6.58. The van der Waals surface area contributed by atoms with Gasteiger partial charge in [-0.05, 0) is 93.6 Å². The second kappa shape index (κ2) is 10.8. The molecule has 7 aromatic rings. The summed E-state index contributed by atoms with van der Waals surface area (Å²) in [4.78, 5) is 27.7. The maximum absolute atomic E-state index is 6.30. The predicted octanol–water partition coefficient (Wildman–Crippen LogP) is 6.42. The molecule has 0 aliphatic carbocycles. The molecule has 7 rings (SSSR count). The van der Waals surface area contributed by atoms with Gasteiger partial charge in [0.1, 0.15) is 0 Å². The fraction of sp³-hybridized carbons (Fsp3) is 0.0909. The number of nitrogens with two attached hydrogens (primary N) is 3. The van der Waals surface area contributed by atoms with E-state index in [1.807, 2.05) is 93.6 Å². The molecule has 0 radical (unpaired) electrons. The van der Waals surface area contributed by atoms with Crippen LogP contribution in [-0.4, -0.2) is 29.9 Å². The Morgan fingerprint density at radius 1 is 0.400 bits per heavy atom. The van der Waals surface area contributed by atoms with Crippen LogP contribution in [0.5, 0.6) is 0 Å². The molecular formula is C33H30N12. The van der Waals surface area contributed by atoms with Crippen molar-refractivity contribution in [2.75, 3.05) is 33.2 Å². The maximum Gasteiger partial charge on any atom is 0.233 e. The third-order valence-corrected chi connectivity index (χ3v) is 7.31. The first kappa shape index (κ1) is 27.5. The molecule has 0 saturated heterocycles. The lowest BCUT2D eigenvalue weighted by Gasteiger charge is -2.13. The van der Waals surface area contributed by atoms with Crippen molar-refractivity contribution in [1.29, 1.82) is 0 Å². The van der Waals surface area contributed by atoms with Gasteiger partial charge >= 0.3 is 0 Å². The molecule has 0 unspecified atom stereocenters. The van der Waals surface area contributed by atoms with Gasteiger partial charge in [-0.1, -0.05) is 0 Å². The summed E-state index contributed by atoms with van der Waals surface area (Å²) in [6, 6.07) is 22.7. The number of benzene rings is 3. The minimum atomic E-state index is 0.309. The summed E-state index contributed by atoms with van der Waals surface area (Å²) in [7, 11) is 0. The lowest BCUT2D eigenvalue weighted by molar-refractivity contribution is 1.06. The van der Waals surface area contributed by atoms with Gasteiger partial charge in [0.25, 0.3) is 0 Å². The molecule has 4 aromatic heterocycles. The largest absolute Gasteiger partial charge is 0.398 e. The summed E-state index contributed by atoms with van der Waals surface area (Å²) >= 11 is 0. The molecule has 0 spiro atoms. The van der Waals surface area contributed by atoms with E-state index in [1.165, 1.54) is 0 Å². The van der Waals surface area contributed by atoms with Gasteiger partial charge in [-0.15, -0.1) is 0 Å². The second-order valence-corrected chi connectivity index (χ2v) is 10.9. The van der Waals surface area contributed by atoms with Gasteiger partial charge in [0.15, 0.2) is 0 Å². The molecule has 0 amide bonds. The van der Waals surface area contributed by atoms with Crippen LogP contribution in [0.15, 0.2) is 72.8 Å². The van der Waals surface area contributed by atoms with Crippen LogP contribution < -0.4 is 33.2 Å². The van der Waals surface area contributed by atoms with Crippen molar-refractivity contribution in [1.82, 2.24) is 29.9 Å². The molecule has 4 heterocycles. The zero-order valence-electron chi connectivity index (χ0n) is 24.8. The highest BCUT2D eigenvalue weighted by molar-refractivity contribution is 5.95. The van der Waals surface area contributed by atoms with Crippen molar-refractivity contribution in [2.24, 2.45) is 0 Å². The molecule has 3 aromatic carbocycles. The van der Waals surface area contributed by atoms with E-state index in [9.17, 15) is 0 Å². The molecule has 0 atom stereocenters. The van der Waals surface area contributed by atoms with E-state index in [0.29, 0.717) is 34.9 Å². The van der Waals surface area contributed by atoms with Crippen LogP contribution in [0.2, 0.25) is 0 Å². The zero-order valence-corrected chi connectivity index (χ0v) is 24.8. The Hall–Kier alpha value is -6.30. The molecule has 12 heteroatoms. The van der Waals surface area contributed by atoms with E-state index in [-0.39, 0.29) is 0 Å². The zero-order chi connectivity index (χ0) is 31.2. The average Bonchev–Trinajstić information content (AvgIpc) is 2.98. The first-order chi connectivity index (χ1) is 21.7. The van der Waals surface area contributed by atoms with E-state index >= 15 is 0 Å². The topological polar surface area (TPSA) is 191 Å². The second-order valence-electron chi connectivity index (χ2n) is 10.9. The number of rotatable bonds is 6. The van der Waals surface area contributed by atoms with Gasteiger partial charge in [0, 0.05) is 67.4 Å². The van der Waals surface area contributed by atoms with Crippen molar-refractivity contribution < 1.29 is 0 Å². The van der Waals surface area contributed by atoms with Crippen molar-refractivity contribution in [2.45, 2.75) is 20.8 Å². The summed E-state index contributed by atoms with van der Waals surface area (Å²) in [5.41, 5.74) is 28.0. The molecule has 0 fully saturated rings. The molecule has 0 aliphatic heterocycles. The van der Waals surface area contributed by atoms with Gasteiger partial charge in [-0.3, -0.25) is 15.0 Å². The third kappa shape index (κ3) is 5.59. The first-order valence-corrected chi connectivity index (χ1v) is 14.2. The van der Waals surface area contributed by atoms with Gasteiger partial charge in [-0.25, -0.2) is 0 Å². The number of nitrogen functional groups attached to an aromatic ring is 3. The van der Waals surface area contributed by atoms with E-state index < -0.39 is 0 Å². The number of nitrogens with one attached hydrogen (secondary N) is 3. The Balaban J connectivity index is 1.27. The Labute approximate surface area is 258 Å². The number of hydrogen-bond acceptors (Lipinski definition) is 12. The number of nitrogens with zero attached hydrogens (tertiary/aromatic N) is 6. The fourth-order valence-electron chi connectivity index (χ4n) is 5.33. The van der Waals surface area contributed by atoms with Crippen molar-refractivity contribution in [3.8, 4) is 0 Å². The van der Waals surface area contributed by atoms with Crippen LogP contribution in [0.25, 0.3) is 32.7 Å². The van der Waals surface area contributed by atoms with E-state index in [2.05, 4.69) is 45.9 Å². The summed E-state index contributed by atoms with van der Waals surface area (Å²) in [6.45, 7) is 5.75. The number of hydrogen-bond donors (Lipinski definition) is 6. The molecule has 9 N–H and O–H groups in total. The fourth-order valence-corrected chi connectivity index (χ4v) is 5.33. The highest BCUT2D eigenvalue weighted by atomic mass is 15.3. The molecule has 0 aliphatic rings. The van der Waals surface area contributed by atoms with Gasteiger partial charge in [-0.2, -0.15) is 15.0 Å². The highest BCUT2D eigenvalue weighted by Crippen LogP contribution is 2.29. The lowest BCUT2D eigenvalue weighted by Crippen LogP contribution is -2.07. The number of fused-ring (bicyclic) bond motifs is 3. The first-order valence-electron chi connectivity index (χ1n) is 14.2. The molecular weight excluding hydrogens is 564 g/mol. The van der Waals surface area contributed by atoms with Crippen molar-refractivity contribution in [3.63, 3.8) is 0 Å². The van der Waals surface area contributed by atoms with E-state index in [1.54, 1.807) is 0 Å². The number of anilines is 9. The lowest BCUT2D eigenvalue weighted by atomic mass is 10.1. The van der Waals surface area contributed by atoms with Gasteiger partial charge in [0.2, 0.25) is 17.8 Å². The minimum Gasteiger partial charge on any atom is -0.398 e. The number of aryl methyl sites for hydroxylation is 3. The monoisotopic (exact) mass is 594 g/mol. The maximum atomic E-state index is 6.30. The summed E-state index contributed by atoms with van der Waals surface area (Å²) in [5, 5.41) is 12.4. The summed E-state index contributed by atoms with van der Waals surface area (Å²) in [6.07, 6.45) is 0. The van der Waals surface area contributed by atoms with Crippen LogP contribution in [0.1, 0.15) is 17.1 Å². The minimum absolute atomic E-state index is 0.309. The quantitative estimate of drug-likeness (QED) is 0.124. The highest BCUT2D eigenvalue weighted by Gasteiger charge is 2.12. The smallest absolute Gasteiger partial charge is 0.233 e. The molecule has 45 heavy (non-hydrogen) atoms. The van der Waals surface area contributed by atoms with Gasteiger partial charge < -0.3 is 33.2 Å². The number of pyridine rings is 3. The van der Waals surface area contributed by atoms with Crippen molar-refractivity contribution >= 4 is 84.7 Å². The van der Waals surface area contributed by atoms with Crippen LogP contribution in [0.4, 0.5) is 52.0 Å². The number of aromatic nitrogens is 6. The predicted molar refractivity (Wildman–Crippen MR) is 182 cm³/mol. The molecule has 222 valence electrons. The average molecular weight is 595 g/mol.